The van der Waals surface area contributed by atoms with Crippen LogP contribution in [0.1, 0.15) is 23.5 Å². The van der Waals surface area contributed by atoms with Crippen molar-refractivity contribution in [1.82, 2.24) is 4.57 Å². The first kappa shape index (κ1) is 11.5. The van der Waals surface area contributed by atoms with Crippen LogP contribution < -0.4 is 0 Å². The Kier molecular flexibility index (Phi) is 3.89. The second-order valence-electron chi connectivity index (χ2n) is 3.06. The summed E-state index contributed by atoms with van der Waals surface area (Å²) in [7, 11) is 0. The number of halogens is 1. The van der Waals surface area contributed by atoms with Gasteiger partial charge in [0.1, 0.15) is 5.69 Å². The van der Waals surface area contributed by atoms with Crippen LogP contribution in [-0.2, 0) is 0 Å². The van der Waals surface area contributed by atoms with E-state index in [4.69, 9.17) is 16.7 Å². The zero-order chi connectivity index (χ0) is 10.7. The number of nitrogens with zero attached hydrogens (tertiary/aromatic N) is 1. The predicted octanol–water partition coefficient (Wildman–Crippen LogP) is 2.76. The largest absolute Gasteiger partial charge is 0.477 e. The summed E-state index contributed by atoms with van der Waals surface area (Å²) in [5.41, 5.74) is 0.247. The molecule has 0 aromatic carbocycles. The molecule has 1 N–H and O–H groups in total. The van der Waals surface area contributed by atoms with Crippen molar-refractivity contribution in [3.63, 3.8) is 0 Å². The highest BCUT2D eigenvalue weighted by Crippen LogP contribution is 2.21. The molecule has 0 saturated heterocycles. The molecular weight excluding hydrogens is 222 g/mol. The van der Waals surface area contributed by atoms with Crippen molar-refractivity contribution >= 4 is 29.3 Å². The molecule has 78 valence electrons. The minimum absolute atomic E-state index is 0.142. The van der Waals surface area contributed by atoms with Crippen LogP contribution in [0.4, 0.5) is 0 Å². The van der Waals surface area contributed by atoms with Crippen molar-refractivity contribution < 1.29 is 9.90 Å². The van der Waals surface area contributed by atoms with Crippen LogP contribution in [0.5, 0.6) is 0 Å². The summed E-state index contributed by atoms with van der Waals surface area (Å²) >= 11 is 7.44. The molecule has 0 aliphatic rings. The number of carboxylic acid groups (broad SMARTS) is 1. The molecule has 1 aromatic rings. The minimum Gasteiger partial charge on any atom is -0.477 e. The van der Waals surface area contributed by atoms with Crippen LogP contribution >= 0.6 is 23.4 Å². The van der Waals surface area contributed by atoms with Gasteiger partial charge in [-0.3, -0.25) is 0 Å². The molecule has 1 rings (SSSR count). The Balaban J connectivity index is 3.00. The standard InChI is InChI=1S/C9H12ClNO2S/c1-6(5-14-2)11-4-7(10)3-8(11)9(12)13/h3-4,6H,5H2,1-2H3,(H,12,13). The molecule has 1 aromatic heterocycles. The topological polar surface area (TPSA) is 42.2 Å². The average Bonchev–Trinajstić information content (AvgIpc) is 2.48. The molecule has 0 aliphatic heterocycles. The van der Waals surface area contributed by atoms with Gasteiger partial charge in [0.2, 0.25) is 0 Å². The van der Waals surface area contributed by atoms with Crippen molar-refractivity contribution in [3.05, 3.63) is 23.0 Å². The number of hydrogen-bond acceptors (Lipinski definition) is 2. The SMILES string of the molecule is CSCC(C)n1cc(Cl)cc1C(=O)O. The Morgan fingerprint density at radius 1 is 1.79 bits per heavy atom. The first-order valence-electron chi connectivity index (χ1n) is 4.16. The predicted molar refractivity (Wildman–Crippen MR) is 59.5 cm³/mol. The second kappa shape index (κ2) is 4.75. The number of thioether (sulfide) groups is 1. The van der Waals surface area contributed by atoms with Gasteiger partial charge in [-0.25, -0.2) is 4.79 Å². The highest BCUT2D eigenvalue weighted by atomic mass is 35.5. The lowest BCUT2D eigenvalue weighted by Crippen LogP contribution is -2.13. The molecule has 0 bridgehead atoms. The van der Waals surface area contributed by atoms with E-state index >= 15 is 0 Å². The van der Waals surface area contributed by atoms with Gasteiger partial charge >= 0.3 is 5.97 Å². The Morgan fingerprint density at radius 3 is 2.93 bits per heavy atom. The Bertz CT molecular complexity index is 338. The zero-order valence-corrected chi connectivity index (χ0v) is 9.60. The Hall–Kier alpha value is -0.610. The van der Waals surface area contributed by atoms with Gasteiger partial charge in [0, 0.05) is 18.0 Å². The van der Waals surface area contributed by atoms with E-state index in [1.807, 2.05) is 13.2 Å². The molecule has 14 heavy (non-hydrogen) atoms. The quantitative estimate of drug-likeness (QED) is 0.870. The number of rotatable bonds is 4. The molecule has 1 unspecified atom stereocenters. The van der Waals surface area contributed by atoms with Gasteiger partial charge in [-0.1, -0.05) is 11.6 Å². The van der Waals surface area contributed by atoms with Gasteiger partial charge in [0.25, 0.3) is 0 Å². The van der Waals surface area contributed by atoms with Crippen LogP contribution in [-0.4, -0.2) is 27.7 Å². The van der Waals surface area contributed by atoms with Crippen LogP contribution in [0, 0.1) is 0 Å². The number of hydrogen-bond donors (Lipinski definition) is 1. The molecule has 0 amide bonds. The number of carboxylic acids is 1. The van der Waals surface area contributed by atoms with Gasteiger partial charge in [-0.15, -0.1) is 0 Å². The fraction of sp³-hybridized carbons (Fsp3) is 0.444. The van der Waals surface area contributed by atoms with E-state index in [9.17, 15) is 4.79 Å². The number of aromatic nitrogens is 1. The van der Waals surface area contributed by atoms with Crippen LogP contribution in [0.25, 0.3) is 0 Å². The molecule has 0 aliphatic carbocycles. The molecule has 0 fully saturated rings. The van der Waals surface area contributed by atoms with Gasteiger partial charge in [0.15, 0.2) is 0 Å². The molecule has 0 saturated carbocycles. The molecule has 1 atom stereocenters. The monoisotopic (exact) mass is 233 g/mol. The van der Waals surface area contributed by atoms with Crippen molar-refractivity contribution in [2.75, 3.05) is 12.0 Å². The van der Waals surface area contributed by atoms with Gasteiger partial charge in [0.05, 0.1) is 5.02 Å². The van der Waals surface area contributed by atoms with E-state index < -0.39 is 5.97 Å². The third kappa shape index (κ3) is 2.45. The van der Waals surface area contributed by atoms with E-state index in [0.717, 1.165) is 5.75 Å². The fourth-order valence-electron chi connectivity index (χ4n) is 1.30. The summed E-state index contributed by atoms with van der Waals surface area (Å²) in [6.07, 6.45) is 3.65. The summed E-state index contributed by atoms with van der Waals surface area (Å²) in [5, 5.41) is 9.38. The minimum atomic E-state index is -0.940. The maximum Gasteiger partial charge on any atom is 0.352 e. The summed E-state index contributed by atoms with van der Waals surface area (Å²) < 4.78 is 1.70. The number of aromatic carboxylic acids is 1. The van der Waals surface area contributed by atoms with Gasteiger partial charge in [-0.05, 0) is 19.2 Å². The summed E-state index contributed by atoms with van der Waals surface area (Å²) in [4.78, 5) is 10.9. The van der Waals surface area contributed by atoms with Gasteiger partial charge in [-0.2, -0.15) is 11.8 Å². The van der Waals surface area contributed by atoms with Gasteiger partial charge < -0.3 is 9.67 Å². The molecule has 5 heteroatoms. The number of carbonyl (C=O) groups is 1. The lowest BCUT2D eigenvalue weighted by Gasteiger charge is -2.13. The first-order valence-corrected chi connectivity index (χ1v) is 5.93. The van der Waals surface area contributed by atoms with Crippen molar-refractivity contribution in [1.29, 1.82) is 0 Å². The Morgan fingerprint density at radius 2 is 2.43 bits per heavy atom. The molecule has 0 radical (unpaired) electrons. The maximum absolute atomic E-state index is 10.9. The van der Waals surface area contributed by atoms with Crippen molar-refractivity contribution in [3.8, 4) is 0 Å². The van der Waals surface area contributed by atoms with Crippen LogP contribution in [0.2, 0.25) is 5.02 Å². The van der Waals surface area contributed by atoms with Crippen LogP contribution in [0.3, 0.4) is 0 Å². The van der Waals surface area contributed by atoms with E-state index in [0.29, 0.717) is 5.02 Å². The van der Waals surface area contributed by atoms with Crippen LogP contribution in [0.15, 0.2) is 12.3 Å². The summed E-state index contributed by atoms with van der Waals surface area (Å²) in [6, 6.07) is 1.62. The molecule has 0 spiro atoms. The third-order valence-electron chi connectivity index (χ3n) is 1.92. The fourth-order valence-corrected chi connectivity index (χ4v) is 2.15. The highest BCUT2D eigenvalue weighted by molar-refractivity contribution is 7.98. The maximum atomic E-state index is 10.9. The second-order valence-corrected chi connectivity index (χ2v) is 4.41. The lowest BCUT2D eigenvalue weighted by molar-refractivity contribution is 0.0683. The normalized spacial score (nSPS) is 12.8. The van der Waals surface area contributed by atoms with Crippen molar-refractivity contribution in [2.45, 2.75) is 13.0 Å². The lowest BCUT2D eigenvalue weighted by atomic mass is 10.3. The smallest absolute Gasteiger partial charge is 0.352 e. The average molecular weight is 234 g/mol. The molecular formula is C9H12ClNO2S. The zero-order valence-electron chi connectivity index (χ0n) is 8.03. The third-order valence-corrected chi connectivity index (χ3v) is 2.94. The molecule has 1 heterocycles. The highest BCUT2D eigenvalue weighted by Gasteiger charge is 2.15. The van der Waals surface area contributed by atoms with E-state index in [2.05, 4.69) is 0 Å². The summed E-state index contributed by atoms with van der Waals surface area (Å²) in [6.45, 7) is 1.97. The summed E-state index contributed by atoms with van der Waals surface area (Å²) in [5.74, 6) is -0.0736. The van der Waals surface area contributed by atoms with E-state index in [-0.39, 0.29) is 11.7 Å². The first-order chi connectivity index (χ1) is 6.56. The van der Waals surface area contributed by atoms with Crippen molar-refractivity contribution in [2.24, 2.45) is 0 Å². The Labute approximate surface area is 92.1 Å². The van der Waals surface area contributed by atoms with E-state index in [1.54, 1.807) is 22.5 Å². The van der Waals surface area contributed by atoms with E-state index in [1.165, 1.54) is 6.07 Å². The molecule has 3 nitrogen and oxygen atoms in total.